The van der Waals surface area contributed by atoms with Gasteiger partial charge in [-0.15, -0.1) is 0 Å². The van der Waals surface area contributed by atoms with Crippen molar-refractivity contribution in [1.29, 1.82) is 0 Å². The van der Waals surface area contributed by atoms with Crippen molar-refractivity contribution in [2.24, 2.45) is 5.92 Å². The molecule has 0 spiro atoms. The molecular weight excluding hydrogens is 493 g/mol. The first-order valence-corrected chi connectivity index (χ1v) is 12.6. The van der Waals surface area contributed by atoms with Gasteiger partial charge in [-0.3, -0.25) is 4.79 Å². The van der Waals surface area contributed by atoms with Crippen LogP contribution in [0.25, 0.3) is 0 Å². The average molecular weight is 521 g/mol. The fourth-order valence-corrected chi connectivity index (χ4v) is 5.02. The Kier molecular flexibility index (Phi) is 8.03. The lowest BCUT2D eigenvalue weighted by molar-refractivity contribution is -0.144. The third kappa shape index (κ3) is 5.57. The molecule has 1 aliphatic carbocycles. The number of hydrogen-bond donors (Lipinski definition) is 0. The number of hydrogen-bond acceptors (Lipinski definition) is 8. The molecule has 2 aliphatic rings. The van der Waals surface area contributed by atoms with E-state index >= 15 is 0 Å². The number of methoxy groups -OCH3 is 1. The number of allylic oxidation sites excluding steroid dienone is 2. The maximum Gasteiger partial charge on any atom is 0.534 e. The molecule has 1 heterocycles. The van der Waals surface area contributed by atoms with Crippen LogP contribution in [0.15, 0.2) is 11.6 Å². The molecule has 8 nitrogen and oxygen atoms in total. The maximum absolute atomic E-state index is 13.2. The van der Waals surface area contributed by atoms with Crippen LogP contribution in [0, 0.1) is 12.8 Å². The number of carbonyl (C=O) groups excluding carboxylic acids is 2. The molecule has 0 saturated heterocycles. The molecule has 1 aliphatic heterocycles. The van der Waals surface area contributed by atoms with Gasteiger partial charge in [-0.2, -0.15) is 21.6 Å². The van der Waals surface area contributed by atoms with Crippen molar-refractivity contribution in [3.05, 3.63) is 33.9 Å². The first-order valence-electron chi connectivity index (χ1n) is 11.2. The smallest absolute Gasteiger partial charge is 0.496 e. The van der Waals surface area contributed by atoms with E-state index in [9.17, 15) is 31.2 Å². The minimum absolute atomic E-state index is 0.0246. The van der Waals surface area contributed by atoms with E-state index in [2.05, 4.69) is 4.18 Å². The standard InChI is InChI=1S/C23H27F3O8S/c1-4-32-18(27)11-15-8-6-5-7-14(15)9-10-16-20(31-3)13(2)17-12-33-22(28)19(17)21(16)34-35(29,30)23(24,25)26/h9,15H,4-8,10-12H2,1-3H3/b14-9+/t15-/m0/s1. The molecule has 0 aromatic heterocycles. The highest BCUT2D eigenvalue weighted by Gasteiger charge is 2.50. The van der Waals surface area contributed by atoms with E-state index < -0.39 is 27.3 Å². The molecule has 194 valence electrons. The van der Waals surface area contributed by atoms with Gasteiger partial charge < -0.3 is 18.4 Å². The normalized spacial score (nSPS) is 19.3. The molecule has 1 fully saturated rings. The number of carbonyl (C=O) groups is 2. The highest BCUT2D eigenvalue weighted by molar-refractivity contribution is 7.88. The summed E-state index contributed by atoms with van der Waals surface area (Å²) in [6.07, 6.45) is 5.00. The largest absolute Gasteiger partial charge is 0.534 e. The van der Waals surface area contributed by atoms with E-state index in [0.29, 0.717) is 12.0 Å². The number of benzene rings is 1. The number of cyclic esters (lactones) is 1. The zero-order chi connectivity index (χ0) is 26.0. The lowest BCUT2D eigenvalue weighted by Crippen LogP contribution is -2.29. The Morgan fingerprint density at radius 2 is 1.94 bits per heavy atom. The van der Waals surface area contributed by atoms with Crippen molar-refractivity contribution in [3.8, 4) is 11.5 Å². The summed E-state index contributed by atoms with van der Waals surface area (Å²) in [5.41, 5.74) is -4.56. The highest BCUT2D eigenvalue weighted by atomic mass is 32.2. The first-order chi connectivity index (χ1) is 16.4. The van der Waals surface area contributed by atoms with Crippen LogP contribution in [0.1, 0.15) is 66.1 Å². The van der Waals surface area contributed by atoms with E-state index in [0.717, 1.165) is 24.8 Å². The number of alkyl halides is 3. The van der Waals surface area contributed by atoms with Gasteiger partial charge in [0.05, 0.1) is 20.1 Å². The molecule has 1 aromatic carbocycles. The van der Waals surface area contributed by atoms with E-state index in [-0.39, 0.29) is 60.4 Å². The Morgan fingerprint density at radius 1 is 1.23 bits per heavy atom. The van der Waals surface area contributed by atoms with Gasteiger partial charge in [0.15, 0.2) is 5.75 Å². The Balaban J connectivity index is 2.10. The predicted molar refractivity (Wildman–Crippen MR) is 117 cm³/mol. The zero-order valence-electron chi connectivity index (χ0n) is 19.6. The molecule has 0 bridgehead atoms. The monoisotopic (exact) mass is 520 g/mol. The summed E-state index contributed by atoms with van der Waals surface area (Å²) in [4.78, 5) is 24.4. The zero-order valence-corrected chi connectivity index (χ0v) is 20.4. The van der Waals surface area contributed by atoms with Crippen LogP contribution in [-0.2, 0) is 37.4 Å². The predicted octanol–water partition coefficient (Wildman–Crippen LogP) is 4.51. The number of ether oxygens (including phenoxy) is 3. The molecule has 12 heteroatoms. The minimum Gasteiger partial charge on any atom is -0.496 e. The Morgan fingerprint density at radius 3 is 2.57 bits per heavy atom. The third-order valence-electron chi connectivity index (χ3n) is 6.18. The molecule has 1 atom stereocenters. The van der Waals surface area contributed by atoms with E-state index in [1.807, 2.05) is 0 Å². The Labute approximate surface area is 201 Å². The SMILES string of the molecule is CCOC(=O)C[C@@H]1CCCC/C1=C\Cc1c(OC)c(C)c2c(c1OS(=O)(=O)C(F)(F)F)C(=O)OC2. The van der Waals surface area contributed by atoms with Crippen LogP contribution in [0.3, 0.4) is 0 Å². The van der Waals surface area contributed by atoms with Gasteiger partial charge in [-0.1, -0.05) is 18.1 Å². The Hall–Kier alpha value is -2.76. The lowest BCUT2D eigenvalue weighted by Gasteiger charge is -2.25. The summed E-state index contributed by atoms with van der Waals surface area (Å²) < 4.78 is 83.2. The molecule has 0 N–H and O–H groups in total. The average Bonchev–Trinajstić information content (AvgIpc) is 3.16. The molecular formula is C23H27F3O8S. The quantitative estimate of drug-likeness (QED) is 0.213. The molecule has 0 amide bonds. The van der Waals surface area contributed by atoms with Crippen LogP contribution >= 0.6 is 0 Å². The van der Waals surface area contributed by atoms with Crippen LogP contribution in [0.5, 0.6) is 11.5 Å². The lowest BCUT2D eigenvalue weighted by atomic mass is 9.81. The van der Waals surface area contributed by atoms with Crippen molar-refractivity contribution in [3.63, 3.8) is 0 Å². The summed E-state index contributed by atoms with van der Waals surface area (Å²) in [5.74, 6) is -2.09. The fraction of sp³-hybridized carbons (Fsp3) is 0.565. The van der Waals surface area contributed by atoms with Crippen molar-refractivity contribution in [2.45, 2.75) is 64.5 Å². The van der Waals surface area contributed by atoms with Gasteiger partial charge >= 0.3 is 27.6 Å². The maximum atomic E-state index is 13.2. The number of esters is 2. The van der Waals surface area contributed by atoms with E-state index in [4.69, 9.17) is 14.2 Å². The third-order valence-corrected chi connectivity index (χ3v) is 7.13. The van der Waals surface area contributed by atoms with Crippen LogP contribution in [-0.4, -0.2) is 39.6 Å². The van der Waals surface area contributed by atoms with Crippen molar-refractivity contribution < 1.29 is 49.6 Å². The second-order valence-electron chi connectivity index (χ2n) is 8.31. The summed E-state index contributed by atoms with van der Waals surface area (Å²) >= 11 is 0. The van der Waals surface area contributed by atoms with Crippen LogP contribution in [0.4, 0.5) is 13.2 Å². The van der Waals surface area contributed by atoms with Gasteiger partial charge in [-0.25, -0.2) is 4.79 Å². The molecule has 0 unspecified atom stereocenters. The topological polar surface area (TPSA) is 105 Å². The fourth-order valence-electron chi connectivity index (χ4n) is 4.52. The van der Waals surface area contributed by atoms with Gasteiger partial charge in [0, 0.05) is 11.1 Å². The highest BCUT2D eigenvalue weighted by Crippen LogP contribution is 2.45. The minimum atomic E-state index is -6.08. The van der Waals surface area contributed by atoms with Crippen molar-refractivity contribution in [1.82, 2.24) is 0 Å². The summed E-state index contributed by atoms with van der Waals surface area (Å²) in [6, 6.07) is 0. The second-order valence-corrected chi connectivity index (χ2v) is 9.85. The van der Waals surface area contributed by atoms with Gasteiger partial charge in [0.1, 0.15) is 17.9 Å². The van der Waals surface area contributed by atoms with E-state index in [1.165, 1.54) is 7.11 Å². The molecule has 0 radical (unpaired) electrons. The van der Waals surface area contributed by atoms with Crippen LogP contribution in [0.2, 0.25) is 0 Å². The number of halogens is 3. The first kappa shape index (κ1) is 26.8. The molecule has 35 heavy (non-hydrogen) atoms. The van der Waals surface area contributed by atoms with Crippen molar-refractivity contribution in [2.75, 3.05) is 13.7 Å². The number of rotatable bonds is 8. The summed E-state index contributed by atoms with van der Waals surface area (Å²) in [6.45, 7) is 3.31. The Bertz CT molecular complexity index is 1140. The summed E-state index contributed by atoms with van der Waals surface area (Å²) in [5, 5.41) is 0. The van der Waals surface area contributed by atoms with E-state index in [1.54, 1.807) is 19.9 Å². The van der Waals surface area contributed by atoms with Gasteiger partial charge in [0.2, 0.25) is 0 Å². The number of fused-ring (bicyclic) bond motifs is 1. The molecule has 3 rings (SSSR count). The van der Waals surface area contributed by atoms with Gasteiger partial charge in [-0.05, 0) is 51.0 Å². The summed E-state index contributed by atoms with van der Waals surface area (Å²) in [7, 11) is -4.79. The molecule has 1 saturated carbocycles. The van der Waals surface area contributed by atoms with Crippen molar-refractivity contribution >= 4 is 22.1 Å². The van der Waals surface area contributed by atoms with Crippen LogP contribution < -0.4 is 8.92 Å². The second kappa shape index (κ2) is 10.5. The molecule has 1 aromatic rings. The van der Waals surface area contributed by atoms with Gasteiger partial charge in [0.25, 0.3) is 0 Å².